The first-order valence-electron chi connectivity index (χ1n) is 6.35. The molecule has 0 unspecified atom stereocenters. The van der Waals surface area contributed by atoms with Gasteiger partial charge >= 0.3 is 0 Å². The highest BCUT2D eigenvalue weighted by molar-refractivity contribution is 6.03. The lowest BCUT2D eigenvalue weighted by Crippen LogP contribution is -2.35. The van der Waals surface area contributed by atoms with Crippen molar-refractivity contribution in [1.82, 2.24) is 4.90 Å². The quantitative estimate of drug-likeness (QED) is 0.817. The molecular weight excluding hydrogens is 244 g/mol. The molecule has 1 aromatic carbocycles. The monoisotopic (exact) mass is 260 g/mol. The number of carbonyl (C=O) groups excluding carboxylic acids is 1. The Morgan fingerprint density at radius 3 is 2.74 bits per heavy atom. The smallest absolute Gasteiger partial charge is 0.256 e. The number of fused-ring (bicyclic) bond motifs is 2. The van der Waals surface area contributed by atoms with Gasteiger partial charge in [0, 0.05) is 18.8 Å². The molecule has 3 rings (SSSR count). The molecule has 100 valence electrons. The van der Waals surface area contributed by atoms with Gasteiger partial charge in [0.15, 0.2) is 11.5 Å². The van der Waals surface area contributed by atoms with E-state index in [0.717, 1.165) is 19.4 Å². The zero-order valence-corrected chi connectivity index (χ0v) is 11.0. The zero-order valence-electron chi connectivity index (χ0n) is 11.0. The molecule has 0 aliphatic carbocycles. The number of amides is 1. The number of methoxy groups -OCH3 is 2. The lowest BCUT2D eigenvalue weighted by molar-refractivity contribution is 0.0774. The third kappa shape index (κ3) is 1.85. The number of carbonyl (C=O) groups is 1. The summed E-state index contributed by atoms with van der Waals surface area (Å²) in [4.78, 5) is 18.9. The number of aliphatic imine (C=N–C) groups is 1. The van der Waals surface area contributed by atoms with Crippen LogP contribution < -0.4 is 9.47 Å². The summed E-state index contributed by atoms with van der Waals surface area (Å²) in [6.07, 6.45) is 3.88. The van der Waals surface area contributed by atoms with Gasteiger partial charge in [-0.3, -0.25) is 9.79 Å². The van der Waals surface area contributed by atoms with Gasteiger partial charge < -0.3 is 14.4 Å². The summed E-state index contributed by atoms with van der Waals surface area (Å²) in [6, 6.07) is 3.59. The first-order chi connectivity index (χ1) is 9.24. The minimum atomic E-state index is 0.0240. The van der Waals surface area contributed by atoms with Crippen LogP contribution in [0, 0.1) is 0 Å². The van der Waals surface area contributed by atoms with Crippen molar-refractivity contribution in [3.05, 3.63) is 17.7 Å². The Morgan fingerprint density at radius 1 is 1.26 bits per heavy atom. The van der Waals surface area contributed by atoms with Crippen LogP contribution in [0.25, 0.3) is 0 Å². The normalized spacial score (nSPS) is 20.8. The van der Waals surface area contributed by atoms with Crippen molar-refractivity contribution >= 4 is 17.8 Å². The average molecular weight is 260 g/mol. The van der Waals surface area contributed by atoms with E-state index in [4.69, 9.17) is 9.47 Å². The SMILES string of the molecule is COc1cc2c(cc1OC)C(=O)N1CCC[C@H]1C=N2. The Kier molecular flexibility index (Phi) is 2.89. The highest BCUT2D eigenvalue weighted by Crippen LogP contribution is 2.37. The minimum Gasteiger partial charge on any atom is -0.493 e. The van der Waals surface area contributed by atoms with E-state index in [0.29, 0.717) is 22.7 Å². The van der Waals surface area contributed by atoms with Crippen molar-refractivity contribution in [2.24, 2.45) is 4.99 Å². The second-order valence-electron chi connectivity index (χ2n) is 4.71. The number of hydrogen-bond donors (Lipinski definition) is 0. The van der Waals surface area contributed by atoms with Crippen LogP contribution >= 0.6 is 0 Å². The van der Waals surface area contributed by atoms with Gasteiger partial charge in [0.05, 0.1) is 31.5 Å². The van der Waals surface area contributed by atoms with Crippen molar-refractivity contribution in [2.45, 2.75) is 18.9 Å². The van der Waals surface area contributed by atoms with E-state index in [-0.39, 0.29) is 11.9 Å². The van der Waals surface area contributed by atoms with Gasteiger partial charge in [0.2, 0.25) is 0 Å². The third-order valence-electron chi connectivity index (χ3n) is 3.68. The van der Waals surface area contributed by atoms with Crippen LogP contribution in [0.4, 0.5) is 5.69 Å². The maximum atomic E-state index is 12.5. The van der Waals surface area contributed by atoms with Crippen molar-refractivity contribution in [3.8, 4) is 11.5 Å². The summed E-state index contributed by atoms with van der Waals surface area (Å²) in [5.41, 5.74) is 1.23. The van der Waals surface area contributed by atoms with E-state index in [9.17, 15) is 4.79 Å². The molecule has 1 aromatic rings. The first kappa shape index (κ1) is 12.0. The lowest BCUT2D eigenvalue weighted by atomic mass is 10.1. The molecule has 1 amide bonds. The van der Waals surface area contributed by atoms with Gasteiger partial charge in [-0.15, -0.1) is 0 Å². The Bertz CT molecular complexity index is 554. The van der Waals surface area contributed by atoms with Gasteiger partial charge in [-0.25, -0.2) is 0 Å². The van der Waals surface area contributed by atoms with Gasteiger partial charge in [0.1, 0.15) is 0 Å². The zero-order chi connectivity index (χ0) is 13.4. The molecule has 0 aromatic heterocycles. The third-order valence-corrected chi connectivity index (χ3v) is 3.68. The molecule has 5 heteroatoms. The maximum Gasteiger partial charge on any atom is 0.256 e. The molecule has 0 N–H and O–H groups in total. The molecule has 19 heavy (non-hydrogen) atoms. The summed E-state index contributed by atoms with van der Waals surface area (Å²) < 4.78 is 10.5. The Morgan fingerprint density at radius 2 is 2.00 bits per heavy atom. The van der Waals surface area contributed by atoms with Gasteiger partial charge in [-0.05, 0) is 18.9 Å². The van der Waals surface area contributed by atoms with Gasteiger partial charge in [0.25, 0.3) is 5.91 Å². The van der Waals surface area contributed by atoms with Crippen molar-refractivity contribution in [3.63, 3.8) is 0 Å². The molecular formula is C14H16N2O3. The molecule has 1 fully saturated rings. The summed E-state index contributed by atoms with van der Waals surface area (Å²) in [6.45, 7) is 0.795. The largest absolute Gasteiger partial charge is 0.493 e. The standard InChI is InChI=1S/C14H16N2O3/c1-18-12-6-10-11(7-13(12)19-2)15-8-9-4-3-5-16(9)14(10)17/h6-9H,3-5H2,1-2H3/t9-/m0/s1. The van der Waals surface area contributed by atoms with Crippen molar-refractivity contribution < 1.29 is 14.3 Å². The average Bonchev–Trinajstić information content (AvgIpc) is 2.87. The van der Waals surface area contributed by atoms with Crippen LogP contribution in [-0.4, -0.2) is 43.8 Å². The molecule has 5 nitrogen and oxygen atoms in total. The fourth-order valence-corrected chi connectivity index (χ4v) is 2.67. The van der Waals surface area contributed by atoms with Crippen LogP contribution in [0.15, 0.2) is 17.1 Å². The van der Waals surface area contributed by atoms with E-state index in [1.54, 1.807) is 26.4 Å². The molecule has 2 heterocycles. The fraction of sp³-hybridized carbons (Fsp3) is 0.429. The van der Waals surface area contributed by atoms with Gasteiger partial charge in [-0.2, -0.15) is 0 Å². The summed E-state index contributed by atoms with van der Waals surface area (Å²) >= 11 is 0. The Balaban J connectivity index is 2.12. The van der Waals surface area contributed by atoms with Crippen molar-refractivity contribution in [1.29, 1.82) is 0 Å². The molecule has 0 spiro atoms. The number of nitrogens with zero attached hydrogens (tertiary/aromatic N) is 2. The first-order valence-corrected chi connectivity index (χ1v) is 6.35. The molecule has 0 radical (unpaired) electrons. The van der Waals surface area contributed by atoms with Crippen LogP contribution in [0.3, 0.4) is 0 Å². The second kappa shape index (κ2) is 4.57. The second-order valence-corrected chi connectivity index (χ2v) is 4.71. The minimum absolute atomic E-state index is 0.0240. The fourth-order valence-electron chi connectivity index (χ4n) is 2.67. The van der Waals surface area contributed by atoms with Crippen LogP contribution in [0.1, 0.15) is 23.2 Å². The van der Waals surface area contributed by atoms with Crippen LogP contribution in [-0.2, 0) is 0 Å². The van der Waals surface area contributed by atoms with Crippen LogP contribution in [0.5, 0.6) is 11.5 Å². The summed E-state index contributed by atoms with van der Waals surface area (Å²) in [5.74, 6) is 1.17. The predicted molar refractivity (Wildman–Crippen MR) is 71.8 cm³/mol. The van der Waals surface area contributed by atoms with Gasteiger partial charge in [-0.1, -0.05) is 0 Å². The van der Waals surface area contributed by atoms with Crippen molar-refractivity contribution in [2.75, 3.05) is 20.8 Å². The molecule has 2 aliphatic rings. The number of rotatable bonds is 2. The summed E-state index contributed by atoms with van der Waals surface area (Å²) in [7, 11) is 3.14. The van der Waals surface area contributed by atoms with E-state index in [1.165, 1.54) is 0 Å². The maximum absolute atomic E-state index is 12.5. The molecule has 0 bridgehead atoms. The van der Waals surface area contributed by atoms with E-state index in [1.807, 2.05) is 11.1 Å². The highest BCUT2D eigenvalue weighted by Gasteiger charge is 2.32. The Hall–Kier alpha value is -2.04. The highest BCUT2D eigenvalue weighted by atomic mass is 16.5. The van der Waals surface area contributed by atoms with Crippen LogP contribution in [0.2, 0.25) is 0 Å². The molecule has 1 saturated heterocycles. The number of hydrogen-bond acceptors (Lipinski definition) is 4. The van der Waals surface area contributed by atoms with E-state index >= 15 is 0 Å². The molecule has 1 atom stereocenters. The summed E-state index contributed by atoms with van der Waals surface area (Å²) in [5, 5.41) is 0. The molecule has 0 saturated carbocycles. The molecule has 2 aliphatic heterocycles. The van der Waals surface area contributed by atoms with E-state index in [2.05, 4.69) is 4.99 Å². The van der Waals surface area contributed by atoms with E-state index < -0.39 is 0 Å². The Labute approximate surface area is 111 Å². The predicted octanol–water partition coefficient (Wildman–Crippen LogP) is 2.02. The number of ether oxygens (including phenoxy) is 2. The lowest BCUT2D eigenvalue weighted by Gasteiger charge is -2.20. The topological polar surface area (TPSA) is 51.1 Å². The number of benzene rings is 1.